The summed E-state index contributed by atoms with van der Waals surface area (Å²) in [6.07, 6.45) is 3.08. The van der Waals surface area contributed by atoms with E-state index in [1.807, 2.05) is 11.0 Å². The quantitative estimate of drug-likeness (QED) is 0.898. The second kappa shape index (κ2) is 6.27. The fraction of sp³-hybridized carbons (Fsp3) is 0.562. The van der Waals surface area contributed by atoms with Crippen LogP contribution in [-0.2, 0) is 17.7 Å². The Hall–Kier alpha value is -1.55. The second-order valence-electron chi connectivity index (χ2n) is 5.68. The smallest absolute Gasteiger partial charge is 0.317 e. The molecule has 0 bridgehead atoms. The first-order chi connectivity index (χ1) is 9.83. The van der Waals surface area contributed by atoms with Crippen molar-refractivity contribution < 1.29 is 9.53 Å². The molecule has 4 heteroatoms. The second-order valence-corrected chi connectivity index (χ2v) is 5.68. The Morgan fingerprint density at radius 3 is 2.80 bits per heavy atom. The number of carbonyl (C=O) groups excluding carboxylic acids is 1. The lowest BCUT2D eigenvalue weighted by atomic mass is 10.00. The molecule has 0 aromatic heterocycles. The molecule has 1 N–H and O–H groups in total. The zero-order valence-corrected chi connectivity index (χ0v) is 11.8. The highest BCUT2D eigenvalue weighted by atomic mass is 16.5. The van der Waals surface area contributed by atoms with Crippen molar-refractivity contribution in [1.82, 2.24) is 10.2 Å². The van der Waals surface area contributed by atoms with Crippen molar-refractivity contribution in [3.05, 3.63) is 35.4 Å². The third-order valence-corrected chi connectivity index (χ3v) is 4.30. The topological polar surface area (TPSA) is 41.6 Å². The monoisotopic (exact) mass is 274 g/mol. The fourth-order valence-corrected chi connectivity index (χ4v) is 2.96. The summed E-state index contributed by atoms with van der Waals surface area (Å²) >= 11 is 0. The van der Waals surface area contributed by atoms with Crippen LogP contribution in [0.1, 0.15) is 24.0 Å². The van der Waals surface area contributed by atoms with E-state index in [-0.39, 0.29) is 6.03 Å². The van der Waals surface area contributed by atoms with E-state index in [0.717, 1.165) is 52.1 Å². The molecule has 1 aromatic rings. The Morgan fingerprint density at radius 2 is 2.00 bits per heavy atom. The zero-order valence-electron chi connectivity index (χ0n) is 11.8. The van der Waals surface area contributed by atoms with Gasteiger partial charge in [-0.15, -0.1) is 0 Å². The van der Waals surface area contributed by atoms with Crippen LogP contribution in [-0.4, -0.2) is 37.2 Å². The number of nitrogens with one attached hydrogen (secondary N) is 1. The lowest BCUT2D eigenvalue weighted by Gasteiger charge is -2.30. The molecule has 0 radical (unpaired) electrons. The van der Waals surface area contributed by atoms with Crippen molar-refractivity contribution in [3.63, 3.8) is 0 Å². The molecule has 0 spiro atoms. The SMILES string of the molecule is O=C(NCC1CCOCC1)N1CCc2ccccc2C1. The van der Waals surface area contributed by atoms with Gasteiger partial charge in [0.1, 0.15) is 0 Å². The number of urea groups is 1. The van der Waals surface area contributed by atoms with E-state index in [9.17, 15) is 4.79 Å². The van der Waals surface area contributed by atoms with E-state index in [1.165, 1.54) is 11.1 Å². The molecular formula is C16H22N2O2. The Balaban J connectivity index is 1.51. The molecule has 2 amide bonds. The van der Waals surface area contributed by atoms with Crippen LogP contribution in [0.2, 0.25) is 0 Å². The highest BCUT2D eigenvalue weighted by Gasteiger charge is 2.21. The van der Waals surface area contributed by atoms with Crippen LogP contribution in [0.3, 0.4) is 0 Å². The lowest BCUT2D eigenvalue weighted by Crippen LogP contribution is -2.44. The molecule has 20 heavy (non-hydrogen) atoms. The summed E-state index contributed by atoms with van der Waals surface area (Å²) in [5.41, 5.74) is 2.65. The summed E-state index contributed by atoms with van der Waals surface area (Å²) in [7, 11) is 0. The van der Waals surface area contributed by atoms with Gasteiger partial charge in [0.05, 0.1) is 0 Å². The van der Waals surface area contributed by atoms with Gasteiger partial charge < -0.3 is 15.0 Å². The molecule has 2 aliphatic rings. The summed E-state index contributed by atoms with van der Waals surface area (Å²) < 4.78 is 5.34. The molecule has 3 rings (SSSR count). The van der Waals surface area contributed by atoms with E-state index >= 15 is 0 Å². The number of benzene rings is 1. The first-order valence-corrected chi connectivity index (χ1v) is 7.50. The molecule has 2 aliphatic heterocycles. The van der Waals surface area contributed by atoms with Gasteiger partial charge in [0.2, 0.25) is 0 Å². The van der Waals surface area contributed by atoms with Crippen molar-refractivity contribution in [3.8, 4) is 0 Å². The van der Waals surface area contributed by atoms with Crippen LogP contribution in [0.25, 0.3) is 0 Å². The zero-order chi connectivity index (χ0) is 13.8. The minimum absolute atomic E-state index is 0.0750. The first kappa shape index (κ1) is 13.4. The normalized spacial score (nSPS) is 19.5. The third-order valence-electron chi connectivity index (χ3n) is 4.30. The van der Waals surface area contributed by atoms with E-state index in [4.69, 9.17) is 4.74 Å². The van der Waals surface area contributed by atoms with Gasteiger partial charge in [-0.3, -0.25) is 0 Å². The summed E-state index contributed by atoms with van der Waals surface area (Å²) in [6.45, 7) is 3.99. The molecular weight excluding hydrogens is 252 g/mol. The predicted molar refractivity (Wildman–Crippen MR) is 77.5 cm³/mol. The van der Waals surface area contributed by atoms with Crippen LogP contribution in [0.15, 0.2) is 24.3 Å². The molecule has 1 fully saturated rings. The Kier molecular flexibility index (Phi) is 4.21. The average molecular weight is 274 g/mol. The van der Waals surface area contributed by atoms with Crippen LogP contribution in [0, 0.1) is 5.92 Å². The minimum Gasteiger partial charge on any atom is -0.381 e. The van der Waals surface area contributed by atoms with Crippen molar-refractivity contribution in [2.24, 2.45) is 5.92 Å². The molecule has 0 aliphatic carbocycles. The summed E-state index contributed by atoms with van der Waals surface area (Å²) in [5.74, 6) is 0.574. The Bertz CT molecular complexity index is 469. The first-order valence-electron chi connectivity index (χ1n) is 7.50. The third kappa shape index (κ3) is 3.12. The predicted octanol–water partition coefficient (Wildman–Crippen LogP) is 2.18. The number of ether oxygens (including phenoxy) is 1. The summed E-state index contributed by atoms with van der Waals surface area (Å²) in [5, 5.41) is 3.08. The van der Waals surface area contributed by atoms with E-state index in [0.29, 0.717) is 5.92 Å². The maximum atomic E-state index is 12.2. The number of amides is 2. The van der Waals surface area contributed by atoms with Gasteiger partial charge in [0, 0.05) is 32.8 Å². The molecule has 108 valence electrons. The van der Waals surface area contributed by atoms with Crippen molar-refractivity contribution in [2.45, 2.75) is 25.8 Å². The number of nitrogens with zero attached hydrogens (tertiary/aromatic N) is 1. The minimum atomic E-state index is 0.0750. The van der Waals surface area contributed by atoms with Crippen molar-refractivity contribution in [1.29, 1.82) is 0 Å². The lowest BCUT2D eigenvalue weighted by molar-refractivity contribution is 0.0663. The van der Waals surface area contributed by atoms with E-state index in [1.54, 1.807) is 0 Å². The van der Waals surface area contributed by atoms with Gasteiger partial charge in [-0.1, -0.05) is 24.3 Å². The van der Waals surface area contributed by atoms with E-state index in [2.05, 4.69) is 23.5 Å². The van der Waals surface area contributed by atoms with Gasteiger partial charge in [0.25, 0.3) is 0 Å². The highest BCUT2D eigenvalue weighted by molar-refractivity contribution is 5.74. The van der Waals surface area contributed by atoms with Crippen LogP contribution < -0.4 is 5.32 Å². The van der Waals surface area contributed by atoms with Gasteiger partial charge in [-0.25, -0.2) is 4.79 Å². The average Bonchev–Trinajstić information content (AvgIpc) is 2.53. The van der Waals surface area contributed by atoms with Crippen molar-refractivity contribution in [2.75, 3.05) is 26.3 Å². The molecule has 2 heterocycles. The number of carbonyl (C=O) groups is 1. The Labute approximate surface area is 120 Å². The van der Waals surface area contributed by atoms with Crippen LogP contribution in [0.4, 0.5) is 4.79 Å². The van der Waals surface area contributed by atoms with Crippen molar-refractivity contribution >= 4 is 6.03 Å². The molecule has 1 aromatic carbocycles. The van der Waals surface area contributed by atoms with E-state index < -0.39 is 0 Å². The van der Waals surface area contributed by atoms with Gasteiger partial charge >= 0.3 is 6.03 Å². The van der Waals surface area contributed by atoms with Gasteiger partial charge in [-0.2, -0.15) is 0 Å². The van der Waals surface area contributed by atoms with Gasteiger partial charge in [0.15, 0.2) is 0 Å². The maximum absolute atomic E-state index is 12.2. The number of rotatable bonds is 2. The van der Waals surface area contributed by atoms with Gasteiger partial charge in [-0.05, 0) is 36.3 Å². The molecule has 4 nitrogen and oxygen atoms in total. The Morgan fingerprint density at radius 1 is 1.25 bits per heavy atom. The summed E-state index contributed by atoms with van der Waals surface area (Å²) in [6, 6.07) is 8.47. The highest BCUT2D eigenvalue weighted by Crippen LogP contribution is 2.18. The molecule has 0 unspecified atom stereocenters. The number of hydrogen-bond donors (Lipinski definition) is 1. The standard InChI is InChI=1S/C16H22N2O2/c19-16(17-11-13-6-9-20-10-7-13)18-8-5-14-3-1-2-4-15(14)12-18/h1-4,13H,5-12H2,(H,17,19). The fourth-order valence-electron chi connectivity index (χ4n) is 2.96. The van der Waals surface area contributed by atoms with Crippen LogP contribution >= 0.6 is 0 Å². The maximum Gasteiger partial charge on any atom is 0.317 e. The molecule has 0 saturated carbocycles. The summed E-state index contributed by atoms with van der Waals surface area (Å²) in [4.78, 5) is 14.2. The number of fused-ring (bicyclic) bond motifs is 1. The van der Waals surface area contributed by atoms with Crippen LogP contribution in [0.5, 0.6) is 0 Å². The largest absolute Gasteiger partial charge is 0.381 e. The molecule has 1 saturated heterocycles. The number of hydrogen-bond acceptors (Lipinski definition) is 2. The molecule has 0 atom stereocenters.